The molecular weight excluding hydrogens is 230 g/mol. The smallest absolute Gasteiger partial charge is 0.240 e. The second-order valence-electron chi connectivity index (χ2n) is 5.19. The van der Waals surface area contributed by atoms with Gasteiger partial charge >= 0.3 is 0 Å². The Morgan fingerprint density at radius 1 is 0.944 bits per heavy atom. The second-order valence-corrected chi connectivity index (χ2v) is 5.19. The molecule has 92 valence electrons. The van der Waals surface area contributed by atoms with Crippen molar-refractivity contribution in [3.8, 4) is 0 Å². The van der Waals surface area contributed by atoms with Gasteiger partial charge in [-0.1, -0.05) is 18.2 Å². The summed E-state index contributed by atoms with van der Waals surface area (Å²) in [5, 5.41) is 0. The number of hydrogen-bond acceptors (Lipinski definition) is 3. The number of imide groups is 1. The van der Waals surface area contributed by atoms with E-state index in [2.05, 4.69) is 0 Å². The lowest BCUT2D eigenvalue weighted by atomic mass is 9.81. The molecule has 0 aromatic heterocycles. The zero-order valence-electron chi connectivity index (χ0n) is 9.78. The normalized spacial score (nSPS) is 37.4. The third-order valence-electron chi connectivity index (χ3n) is 4.30. The van der Waals surface area contributed by atoms with Crippen molar-refractivity contribution in [2.75, 3.05) is 4.90 Å². The van der Waals surface area contributed by atoms with Crippen LogP contribution in [0.1, 0.15) is 12.8 Å². The van der Waals surface area contributed by atoms with Gasteiger partial charge < -0.3 is 4.74 Å². The van der Waals surface area contributed by atoms with Gasteiger partial charge in [0.15, 0.2) is 0 Å². The first-order chi connectivity index (χ1) is 8.77. The van der Waals surface area contributed by atoms with Gasteiger partial charge in [-0.25, -0.2) is 4.90 Å². The fraction of sp³-hybridized carbons (Fsp3) is 0.429. The minimum atomic E-state index is -0.239. The van der Waals surface area contributed by atoms with Crippen molar-refractivity contribution in [3.05, 3.63) is 30.3 Å². The summed E-state index contributed by atoms with van der Waals surface area (Å²) in [5.74, 6) is -0.639. The number of nitrogens with zero attached hydrogens (tertiary/aromatic N) is 1. The average Bonchev–Trinajstić information content (AvgIpc) is 3.05. The van der Waals surface area contributed by atoms with E-state index in [4.69, 9.17) is 4.74 Å². The molecule has 4 rings (SSSR count). The highest BCUT2D eigenvalue weighted by atomic mass is 16.5. The fourth-order valence-electron chi connectivity index (χ4n) is 3.54. The van der Waals surface area contributed by atoms with Crippen molar-refractivity contribution < 1.29 is 14.3 Å². The number of benzene rings is 1. The highest BCUT2D eigenvalue weighted by molar-refractivity contribution is 6.22. The van der Waals surface area contributed by atoms with Gasteiger partial charge in [-0.15, -0.1) is 0 Å². The van der Waals surface area contributed by atoms with E-state index in [-0.39, 0.29) is 35.9 Å². The molecular formula is C14H13NO3. The minimum Gasteiger partial charge on any atom is -0.373 e. The molecule has 3 saturated heterocycles. The highest BCUT2D eigenvalue weighted by Gasteiger charge is 2.62. The van der Waals surface area contributed by atoms with Gasteiger partial charge in [0.25, 0.3) is 0 Å². The Kier molecular flexibility index (Phi) is 1.95. The summed E-state index contributed by atoms with van der Waals surface area (Å²) in [6.07, 6.45) is 1.75. The molecule has 2 bridgehead atoms. The van der Waals surface area contributed by atoms with Crippen LogP contribution in [0.4, 0.5) is 5.69 Å². The summed E-state index contributed by atoms with van der Waals surface area (Å²) in [7, 11) is 0. The van der Waals surface area contributed by atoms with Crippen LogP contribution in [0.2, 0.25) is 0 Å². The Labute approximate surface area is 105 Å². The van der Waals surface area contributed by atoms with E-state index in [0.717, 1.165) is 12.8 Å². The monoisotopic (exact) mass is 243 g/mol. The van der Waals surface area contributed by atoms with Crippen LogP contribution >= 0.6 is 0 Å². The molecule has 2 amide bonds. The van der Waals surface area contributed by atoms with E-state index in [9.17, 15) is 9.59 Å². The lowest BCUT2D eigenvalue weighted by molar-refractivity contribution is -0.124. The Bertz CT molecular complexity index is 499. The Balaban J connectivity index is 1.76. The maximum atomic E-state index is 12.4. The van der Waals surface area contributed by atoms with Crippen LogP contribution in [0.25, 0.3) is 0 Å². The van der Waals surface area contributed by atoms with Crippen molar-refractivity contribution in [2.45, 2.75) is 25.0 Å². The van der Waals surface area contributed by atoms with Gasteiger partial charge in [0, 0.05) is 0 Å². The number of para-hydroxylation sites is 1. The Hall–Kier alpha value is -1.68. The van der Waals surface area contributed by atoms with Crippen LogP contribution in [0, 0.1) is 11.8 Å². The molecule has 1 aromatic carbocycles. The predicted molar refractivity (Wildman–Crippen MR) is 63.8 cm³/mol. The number of fused-ring (bicyclic) bond motifs is 5. The molecule has 0 N–H and O–H groups in total. The summed E-state index contributed by atoms with van der Waals surface area (Å²) in [6, 6.07) is 9.17. The zero-order valence-corrected chi connectivity index (χ0v) is 9.78. The number of amides is 2. The molecule has 4 heteroatoms. The predicted octanol–water partition coefficient (Wildman–Crippen LogP) is 1.35. The summed E-state index contributed by atoms with van der Waals surface area (Å²) in [5.41, 5.74) is 0.682. The number of carbonyl (C=O) groups excluding carboxylic acids is 2. The van der Waals surface area contributed by atoms with Crippen LogP contribution in [0.5, 0.6) is 0 Å². The van der Waals surface area contributed by atoms with E-state index >= 15 is 0 Å². The fourth-order valence-corrected chi connectivity index (χ4v) is 3.54. The third kappa shape index (κ3) is 1.13. The van der Waals surface area contributed by atoms with Crippen molar-refractivity contribution in [1.29, 1.82) is 0 Å². The first-order valence-electron chi connectivity index (χ1n) is 6.36. The number of rotatable bonds is 1. The lowest BCUT2D eigenvalue weighted by Gasteiger charge is -2.17. The summed E-state index contributed by atoms with van der Waals surface area (Å²) in [4.78, 5) is 26.2. The van der Waals surface area contributed by atoms with Crippen LogP contribution in [-0.4, -0.2) is 24.0 Å². The number of hydrogen-bond donors (Lipinski definition) is 0. The third-order valence-corrected chi connectivity index (χ3v) is 4.30. The average molecular weight is 243 g/mol. The lowest BCUT2D eigenvalue weighted by Crippen LogP contribution is -2.34. The quantitative estimate of drug-likeness (QED) is 0.699. The molecule has 4 atom stereocenters. The summed E-state index contributed by atoms with van der Waals surface area (Å²) < 4.78 is 5.70. The van der Waals surface area contributed by atoms with Gasteiger partial charge in [-0.05, 0) is 25.0 Å². The van der Waals surface area contributed by atoms with Crippen molar-refractivity contribution in [3.63, 3.8) is 0 Å². The van der Waals surface area contributed by atoms with Gasteiger partial charge in [0.05, 0.1) is 29.7 Å². The van der Waals surface area contributed by atoms with Crippen molar-refractivity contribution in [1.82, 2.24) is 0 Å². The van der Waals surface area contributed by atoms with Crippen LogP contribution in [0.15, 0.2) is 30.3 Å². The van der Waals surface area contributed by atoms with Gasteiger partial charge in [0.2, 0.25) is 11.8 Å². The molecule has 18 heavy (non-hydrogen) atoms. The number of anilines is 1. The molecule has 3 aliphatic rings. The van der Waals surface area contributed by atoms with Crippen LogP contribution in [-0.2, 0) is 14.3 Å². The largest absolute Gasteiger partial charge is 0.373 e. The van der Waals surface area contributed by atoms with E-state index in [1.54, 1.807) is 12.1 Å². The molecule has 3 aliphatic heterocycles. The second kappa shape index (κ2) is 3.42. The summed E-state index contributed by atoms with van der Waals surface area (Å²) >= 11 is 0. The van der Waals surface area contributed by atoms with E-state index in [0.29, 0.717) is 5.69 Å². The maximum Gasteiger partial charge on any atom is 0.240 e. The molecule has 0 saturated carbocycles. The molecule has 4 nitrogen and oxygen atoms in total. The van der Waals surface area contributed by atoms with Gasteiger partial charge in [0.1, 0.15) is 0 Å². The topological polar surface area (TPSA) is 46.6 Å². The zero-order chi connectivity index (χ0) is 12.3. The molecule has 3 fully saturated rings. The molecule has 0 radical (unpaired) electrons. The minimum absolute atomic E-state index is 0.0369. The highest BCUT2D eigenvalue weighted by Crippen LogP contribution is 2.49. The molecule has 0 aliphatic carbocycles. The molecule has 1 aromatic rings. The van der Waals surface area contributed by atoms with Crippen molar-refractivity contribution >= 4 is 17.5 Å². The molecule has 3 heterocycles. The number of ether oxygens (including phenoxy) is 1. The van der Waals surface area contributed by atoms with E-state index < -0.39 is 0 Å². The summed E-state index contributed by atoms with van der Waals surface area (Å²) in [6.45, 7) is 0. The Morgan fingerprint density at radius 2 is 1.50 bits per heavy atom. The number of carbonyl (C=O) groups is 2. The molecule has 0 spiro atoms. The van der Waals surface area contributed by atoms with Crippen LogP contribution in [0.3, 0.4) is 0 Å². The van der Waals surface area contributed by atoms with Gasteiger partial charge in [-0.3, -0.25) is 9.59 Å². The van der Waals surface area contributed by atoms with Crippen LogP contribution < -0.4 is 4.90 Å². The molecule has 0 unspecified atom stereocenters. The maximum absolute atomic E-state index is 12.4. The standard InChI is InChI=1S/C14H13NO3/c16-13-11-9-6-7-10(18-9)12(11)14(17)15(13)8-4-2-1-3-5-8/h1-5,9-12H,6-7H2/t9-,10+,11+,12-. The van der Waals surface area contributed by atoms with Gasteiger partial charge in [-0.2, -0.15) is 0 Å². The Morgan fingerprint density at radius 3 is 2.06 bits per heavy atom. The first-order valence-corrected chi connectivity index (χ1v) is 6.36. The first kappa shape index (κ1) is 10.3. The SMILES string of the molecule is O=C1[C@@H]2[C@H](C(=O)N1c1ccccc1)[C@@H]1CC[C@H]2O1. The van der Waals surface area contributed by atoms with E-state index in [1.165, 1.54) is 4.90 Å². The van der Waals surface area contributed by atoms with Crippen molar-refractivity contribution in [2.24, 2.45) is 11.8 Å². The van der Waals surface area contributed by atoms with E-state index in [1.807, 2.05) is 18.2 Å².